The fraction of sp³-hybridized carbons (Fsp3) is 0.312. The van der Waals surface area contributed by atoms with E-state index in [9.17, 15) is 4.79 Å². The lowest BCUT2D eigenvalue weighted by atomic mass is 10.2. The smallest absolute Gasteiger partial charge is 0.271 e. The Morgan fingerprint density at radius 3 is 2.23 bits per heavy atom. The van der Waals surface area contributed by atoms with Crippen LogP contribution in [0.25, 0.3) is 0 Å². The molecule has 2 rings (SSSR count). The van der Waals surface area contributed by atoms with E-state index in [-0.39, 0.29) is 11.9 Å². The first-order valence-corrected chi connectivity index (χ1v) is 7.14. The Hall–Kier alpha value is -2.63. The first kappa shape index (κ1) is 15.8. The summed E-state index contributed by atoms with van der Waals surface area (Å²) in [7, 11) is 3.99. The van der Waals surface area contributed by atoms with E-state index in [0.717, 1.165) is 11.4 Å². The fourth-order valence-electron chi connectivity index (χ4n) is 1.85. The minimum Gasteiger partial charge on any atom is -0.378 e. The van der Waals surface area contributed by atoms with Gasteiger partial charge in [0.15, 0.2) is 11.5 Å². The van der Waals surface area contributed by atoms with Crippen LogP contribution < -0.4 is 15.5 Å². The van der Waals surface area contributed by atoms with Crippen molar-refractivity contribution in [2.75, 3.05) is 24.3 Å². The number of amides is 1. The third-order valence-corrected chi connectivity index (χ3v) is 2.97. The van der Waals surface area contributed by atoms with Crippen molar-refractivity contribution in [1.29, 1.82) is 0 Å². The van der Waals surface area contributed by atoms with E-state index >= 15 is 0 Å². The molecule has 116 valence electrons. The highest BCUT2D eigenvalue weighted by atomic mass is 16.2. The summed E-state index contributed by atoms with van der Waals surface area (Å²) in [5.41, 5.74) is 2.35. The molecule has 6 nitrogen and oxygen atoms in total. The van der Waals surface area contributed by atoms with Crippen LogP contribution in [0.1, 0.15) is 24.3 Å². The highest BCUT2D eigenvalue weighted by molar-refractivity contribution is 5.92. The summed E-state index contributed by atoms with van der Waals surface area (Å²) in [5, 5.41) is 13.9. The summed E-state index contributed by atoms with van der Waals surface area (Å²) in [5.74, 6) is 0.378. The van der Waals surface area contributed by atoms with Gasteiger partial charge in [0.2, 0.25) is 0 Å². The van der Waals surface area contributed by atoms with E-state index in [4.69, 9.17) is 0 Å². The predicted octanol–water partition coefficient (Wildman–Crippen LogP) is 2.42. The lowest BCUT2D eigenvalue weighted by molar-refractivity contribution is 0.0937. The second kappa shape index (κ2) is 6.89. The summed E-state index contributed by atoms with van der Waals surface area (Å²) in [6.45, 7) is 3.80. The Bertz CT molecular complexity index is 620. The molecule has 1 aromatic carbocycles. The van der Waals surface area contributed by atoms with Crippen LogP contribution in [0.3, 0.4) is 0 Å². The summed E-state index contributed by atoms with van der Waals surface area (Å²) in [6, 6.07) is 11.4. The minimum absolute atomic E-state index is 0.0716. The molecule has 0 aliphatic carbocycles. The van der Waals surface area contributed by atoms with Crippen molar-refractivity contribution >= 4 is 23.1 Å². The molecule has 0 bridgehead atoms. The van der Waals surface area contributed by atoms with Crippen LogP contribution >= 0.6 is 0 Å². The molecule has 0 atom stereocenters. The molecule has 0 unspecified atom stereocenters. The van der Waals surface area contributed by atoms with E-state index < -0.39 is 0 Å². The van der Waals surface area contributed by atoms with Gasteiger partial charge in [0.1, 0.15) is 0 Å². The first-order valence-electron chi connectivity index (χ1n) is 7.14. The van der Waals surface area contributed by atoms with Gasteiger partial charge in [-0.1, -0.05) is 0 Å². The van der Waals surface area contributed by atoms with Crippen LogP contribution in [-0.4, -0.2) is 36.2 Å². The number of carbonyl (C=O) groups is 1. The molecular formula is C16H21N5O. The van der Waals surface area contributed by atoms with Gasteiger partial charge in [-0.3, -0.25) is 4.79 Å². The van der Waals surface area contributed by atoms with Gasteiger partial charge >= 0.3 is 0 Å². The summed E-state index contributed by atoms with van der Waals surface area (Å²) < 4.78 is 0. The highest BCUT2D eigenvalue weighted by Crippen LogP contribution is 2.18. The van der Waals surface area contributed by atoms with Gasteiger partial charge in [-0.2, -0.15) is 0 Å². The standard InChI is InChI=1S/C16H21N5O/c1-11(2)17-16(22)14-9-10-15(20-19-14)18-12-5-7-13(8-6-12)21(3)4/h5-11H,1-4H3,(H,17,22)(H,18,20). The van der Waals surface area contributed by atoms with Crippen LogP contribution in [0, 0.1) is 0 Å². The summed E-state index contributed by atoms with van der Waals surface area (Å²) in [4.78, 5) is 13.8. The third-order valence-electron chi connectivity index (χ3n) is 2.97. The number of nitrogens with zero attached hydrogens (tertiary/aromatic N) is 3. The lowest BCUT2D eigenvalue weighted by Gasteiger charge is -2.13. The lowest BCUT2D eigenvalue weighted by Crippen LogP contribution is -2.30. The number of nitrogens with one attached hydrogen (secondary N) is 2. The molecule has 2 N–H and O–H groups in total. The zero-order valence-electron chi connectivity index (χ0n) is 13.3. The third kappa shape index (κ3) is 4.18. The number of hydrogen-bond acceptors (Lipinski definition) is 5. The van der Waals surface area contributed by atoms with Gasteiger partial charge < -0.3 is 15.5 Å². The molecule has 0 saturated heterocycles. The van der Waals surface area contributed by atoms with Crippen LogP contribution in [0.2, 0.25) is 0 Å². The SMILES string of the molecule is CC(C)NC(=O)c1ccc(Nc2ccc(N(C)C)cc2)nn1. The summed E-state index contributed by atoms with van der Waals surface area (Å²) >= 11 is 0. The molecule has 6 heteroatoms. The number of rotatable bonds is 5. The van der Waals surface area contributed by atoms with E-state index in [0.29, 0.717) is 11.5 Å². The zero-order valence-corrected chi connectivity index (χ0v) is 13.3. The Kier molecular flexibility index (Phi) is 4.93. The molecule has 0 aliphatic heterocycles. The highest BCUT2D eigenvalue weighted by Gasteiger charge is 2.09. The second-order valence-electron chi connectivity index (χ2n) is 5.50. The molecule has 0 spiro atoms. The quantitative estimate of drug-likeness (QED) is 0.887. The average molecular weight is 299 g/mol. The van der Waals surface area contributed by atoms with E-state index in [1.807, 2.05) is 57.1 Å². The van der Waals surface area contributed by atoms with E-state index in [1.54, 1.807) is 12.1 Å². The van der Waals surface area contributed by atoms with Crippen molar-refractivity contribution in [1.82, 2.24) is 15.5 Å². The van der Waals surface area contributed by atoms with Gasteiger partial charge in [-0.05, 0) is 50.2 Å². The number of aromatic nitrogens is 2. The fourth-order valence-corrected chi connectivity index (χ4v) is 1.85. The van der Waals surface area contributed by atoms with Crippen molar-refractivity contribution in [2.45, 2.75) is 19.9 Å². The predicted molar refractivity (Wildman–Crippen MR) is 88.7 cm³/mol. The molecule has 22 heavy (non-hydrogen) atoms. The molecule has 0 aliphatic rings. The maximum atomic E-state index is 11.8. The number of carbonyl (C=O) groups excluding carboxylic acids is 1. The van der Waals surface area contributed by atoms with Gasteiger partial charge in [0.25, 0.3) is 5.91 Å². The number of anilines is 3. The average Bonchev–Trinajstić information content (AvgIpc) is 2.48. The minimum atomic E-state index is -0.218. The van der Waals surface area contributed by atoms with Crippen LogP contribution in [-0.2, 0) is 0 Å². The van der Waals surface area contributed by atoms with Gasteiger partial charge in [-0.15, -0.1) is 10.2 Å². The largest absolute Gasteiger partial charge is 0.378 e. The molecule has 2 aromatic rings. The Morgan fingerprint density at radius 2 is 1.73 bits per heavy atom. The van der Waals surface area contributed by atoms with Crippen molar-refractivity contribution in [3.8, 4) is 0 Å². The Labute approximate surface area is 130 Å². The van der Waals surface area contributed by atoms with Crippen molar-refractivity contribution in [2.24, 2.45) is 0 Å². The van der Waals surface area contributed by atoms with Gasteiger partial charge in [0, 0.05) is 31.5 Å². The van der Waals surface area contributed by atoms with Gasteiger partial charge in [-0.25, -0.2) is 0 Å². The maximum Gasteiger partial charge on any atom is 0.271 e. The monoisotopic (exact) mass is 299 g/mol. The summed E-state index contributed by atoms with van der Waals surface area (Å²) in [6.07, 6.45) is 0. The second-order valence-corrected chi connectivity index (χ2v) is 5.50. The molecular weight excluding hydrogens is 278 g/mol. The van der Waals surface area contributed by atoms with Crippen LogP contribution in [0.5, 0.6) is 0 Å². The first-order chi connectivity index (χ1) is 10.5. The number of benzene rings is 1. The molecule has 1 amide bonds. The normalized spacial score (nSPS) is 10.4. The van der Waals surface area contributed by atoms with Crippen LogP contribution in [0.15, 0.2) is 36.4 Å². The van der Waals surface area contributed by atoms with E-state index in [2.05, 4.69) is 20.8 Å². The topological polar surface area (TPSA) is 70.2 Å². The van der Waals surface area contributed by atoms with Crippen LogP contribution in [0.4, 0.5) is 17.2 Å². The van der Waals surface area contributed by atoms with Crippen molar-refractivity contribution in [3.63, 3.8) is 0 Å². The molecule has 0 saturated carbocycles. The van der Waals surface area contributed by atoms with Crippen molar-refractivity contribution in [3.05, 3.63) is 42.1 Å². The maximum absolute atomic E-state index is 11.8. The molecule has 1 heterocycles. The van der Waals surface area contributed by atoms with E-state index in [1.165, 1.54) is 0 Å². The van der Waals surface area contributed by atoms with Crippen molar-refractivity contribution < 1.29 is 4.79 Å². The molecule has 0 fully saturated rings. The molecule has 0 radical (unpaired) electrons. The Morgan fingerprint density at radius 1 is 1.05 bits per heavy atom. The number of hydrogen-bond donors (Lipinski definition) is 2. The Balaban J connectivity index is 2.03. The zero-order chi connectivity index (χ0) is 16.1. The molecule has 1 aromatic heterocycles. The van der Waals surface area contributed by atoms with Gasteiger partial charge in [0.05, 0.1) is 0 Å².